The molecule has 1 fully saturated rings. The van der Waals surface area contributed by atoms with Gasteiger partial charge in [0.15, 0.2) is 0 Å². The summed E-state index contributed by atoms with van der Waals surface area (Å²) >= 11 is 9.16. The van der Waals surface area contributed by atoms with E-state index in [0.29, 0.717) is 16.8 Å². The fourth-order valence-electron chi connectivity index (χ4n) is 3.25. The van der Waals surface area contributed by atoms with Gasteiger partial charge >= 0.3 is 6.03 Å². The molecular weight excluding hydrogens is 427 g/mol. The number of nitrogens with one attached hydrogen (secondary N) is 2. The number of fused-ring (bicyclic) bond motifs is 3. The molecule has 0 saturated heterocycles. The molecule has 0 bridgehead atoms. The van der Waals surface area contributed by atoms with Gasteiger partial charge in [0.2, 0.25) is 0 Å². The highest BCUT2D eigenvalue weighted by atomic mass is 79.9. The second kappa shape index (κ2) is 6.41. The third-order valence-corrected chi connectivity index (χ3v) is 5.37. The average molecular weight is 438 g/mol. The van der Waals surface area contributed by atoms with Crippen molar-refractivity contribution in [3.05, 3.63) is 50.8 Å². The maximum atomic E-state index is 13.7. The predicted molar refractivity (Wildman–Crippen MR) is 95.7 cm³/mol. The molecule has 0 radical (unpaired) electrons. The highest BCUT2D eigenvalue weighted by molar-refractivity contribution is 9.10. The maximum absolute atomic E-state index is 13.7. The van der Waals surface area contributed by atoms with Gasteiger partial charge in [-0.05, 0) is 40.2 Å². The molecule has 1 saturated carbocycles. The molecule has 2 aromatic rings. The summed E-state index contributed by atoms with van der Waals surface area (Å²) in [5.74, 6) is 0.610. The van der Waals surface area contributed by atoms with Crippen LogP contribution in [0.1, 0.15) is 17.0 Å². The van der Waals surface area contributed by atoms with E-state index in [2.05, 4.69) is 31.5 Å². The number of hydrogen-bond donors (Lipinski definition) is 2. The molecule has 0 spiro atoms. The van der Waals surface area contributed by atoms with Gasteiger partial charge in [0, 0.05) is 23.4 Å². The number of rotatable bonds is 2. The topological polar surface area (TPSA) is 87.0 Å². The van der Waals surface area contributed by atoms with Crippen LogP contribution < -0.4 is 15.4 Å². The SMILES string of the molecule is N#Cc1ccc(NC(=O)NC2C3COc4c(Br)cc(F)cc4C32)nc1Cl. The van der Waals surface area contributed by atoms with Crippen molar-refractivity contribution in [3.63, 3.8) is 0 Å². The van der Waals surface area contributed by atoms with E-state index in [0.717, 1.165) is 5.56 Å². The van der Waals surface area contributed by atoms with Crippen molar-refractivity contribution in [2.45, 2.75) is 12.0 Å². The summed E-state index contributed by atoms with van der Waals surface area (Å²) in [5.41, 5.74) is 0.977. The summed E-state index contributed by atoms with van der Waals surface area (Å²) in [7, 11) is 0. The van der Waals surface area contributed by atoms with Crippen LogP contribution in [-0.2, 0) is 0 Å². The van der Waals surface area contributed by atoms with E-state index in [4.69, 9.17) is 21.6 Å². The summed E-state index contributed by atoms with van der Waals surface area (Å²) in [5, 5.41) is 14.3. The molecule has 2 N–H and O–H groups in total. The highest BCUT2D eigenvalue weighted by Gasteiger charge is 2.56. The maximum Gasteiger partial charge on any atom is 0.320 e. The molecule has 2 heterocycles. The molecule has 3 unspecified atom stereocenters. The standard InChI is InChI=1S/C17H11BrClFN4O2/c18-11-4-8(20)3-9-13-10(6-26-15(9)11)14(13)24-17(25)23-12-2-1-7(5-21)16(19)22-12/h1-4,10,13-14H,6H2,(H2,22,23,24,25). The van der Waals surface area contributed by atoms with Gasteiger partial charge in [-0.25, -0.2) is 14.2 Å². The van der Waals surface area contributed by atoms with Crippen molar-refractivity contribution in [2.24, 2.45) is 5.92 Å². The first-order chi connectivity index (χ1) is 12.5. The summed E-state index contributed by atoms with van der Waals surface area (Å²) in [6.45, 7) is 0.452. The van der Waals surface area contributed by atoms with E-state index in [1.54, 1.807) is 0 Å². The fourth-order valence-corrected chi connectivity index (χ4v) is 4.01. The Bertz CT molecular complexity index is 965. The van der Waals surface area contributed by atoms with Gasteiger partial charge in [-0.3, -0.25) is 5.32 Å². The van der Waals surface area contributed by atoms with E-state index in [1.165, 1.54) is 24.3 Å². The summed E-state index contributed by atoms with van der Waals surface area (Å²) in [4.78, 5) is 16.2. The average Bonchev–Trinajstić information content (AvgIpc) is 3.28. The largest absolute Gasteiger partial charge is 0.492 e. The number of pyridine rings is 1. The number of benzene rings is 1. The number of amides is 2. The first-order valence-electron chi connectivity index (χ1n) is 7.74. The van der Waals surface area contributed by atoms with Crippen LogP contribution in [0, 0.1) is 23.1 Å². The van der Waals surface area contributed by atoms with Crippen molar-refractivity contribution in [1.29, 1.82) is 5.26 Å². The van der Waals surface area contributed by atoms with Crippen molar-refractivity contribution in [2.75, 3.05) is 11.9 Å². The van der Waals surface area contributed by atoms with E-state index in [9.17, 15) is 9.18 Å². The zero-order valence-electron chi connectivity index (χ0n) is 13.1. The Morgan fingerprint density at radius 3 is 3.00 bits per heavy atom. The van der Waals surface area contributed by atoms with E-state index in [1.807, 2.05) is 6.07 Å². The van der Waals surface area contributed by atoms with E-state index < -0.39 is 6.03 Å². The number of aromatic nitrogens is 1. The molecule has 1 aromatic carbocycles. The number of nitrogens with zero attached hydrogens (tertiary/aromatic N) is 2. The van der Waals surface area contributed by atoms with Crippen molar-refractivity contribution < 1.29 is 13.9 Å². The second-order valence-electron chi connectivity index (χ2n) is 6.08. The molecule has 4 rings (SSSR count). The van der Waals surface area contributed by atoms with Crippen molar-refractivity contribution >= 4 is 39.4 Å². The van der Waals surface area contributed by atoms with Crippen LogP contribution in [0.3, 0.4) is 0 Å². The number of carbonyl (C=O) groups excluding carboxylic acids is 1. The molecule has 2 amide bonds. The van der Waals surface area contributed by atoms with Crippen LogP contribution in [0.2, 0.25) is 5.15 Å². The molecule has 6 nitrogen and oxygen atoms in total. The van der Waals surface area contributed by atoms with Gasteiger partial charge in [-0.15, -0.1) is 0 Å². The van der Waals surface area contributed by atoms with Crippen molar-refractivity contribution in [3.8, 4) is 11.8 Å². The lowest BCUT2D eigenvalue weighted by molar-refractivity contribution is 0.249. The number of anilines is 1. The Labute approximate surface area is 161 Å². The summed E-state index contributed by atoms with van der Waals surface area (Å²) < 4.78 is 20.0. The van der Waals surface area contributed by atoms with Crippen LogP contribution in [0.15, 0.2) is 28.7 Å². The first kappa shape index (κ1) is 17.1. The third kappa shape index (κ3) is 2.97. The monoisotopic (exact) mass is 436 g/mol. The Morgan fingerprint density at radius 2 is 2.27 bits per heavy atom. The molecule has 1 aromatic heterocycles. The first-order valence-corrected chi connectivity index (χ1v) is 8.91. The number of carbonyl (C=O) groups is 1. The Hall–Kier alpha value is -2.37. The molecule has 1 aliphatic carbocycles. The van der Waals surface area contributed by atoms with Gasteiger partial charge < -0.3 is 10.1 Å². The second-order valence-corrected chi connectivity index (χ2v) is 7.29. The quantitative estimate of drug-likeness (QED) is 0.700. The van der Waals surface area contributed by atoms with Crippen LogP contribution in [0.4, 0.5) is 15.0 Å². The smallest absolute Gasteiger partial charge is 0.320 e. The Balaban J connectivity index is 1.45. The van der Waals surface area contributed by atoms with Crippen molar-refractivity contribution in [1.82, 2.24) is 10.3 Å². The number of hydrogen-bond acceptors (Lipinski definition) is 4. The van der Waals surface area contributed by atoms with E-state index >= 15 is 0 Å². The molecule has 1 aliphatic heterocycles. The predicted octanol–water partition coefficient (Wildman–Crippen LogP) is 3.80. The molecule has 9 heteroatoms. The molecular formula is C17H11BrClFN4O2. The van der Waals surface area contributed by atoms with Gasteiger partial charge in [0.25, 0.3) is 0 Å². The lowest BCUT2D eigenvalue weighted by atomic mass is 10.1. The van der Waals surface area contributed by atoms with E-state index in [-0.39, 0.29) is 40.2 Å². The molecule has 132 valence electrons. The minimum absolute atomic E-state index is 0.00834. The Morgan fingerprint density at radius 1 is 1.46 bits per heavy atom. The van der Waals surface area contributed by atoms with Crippen LogP contribution in [0.5, 0.6) is 5.75 Å². The third-order valence-electron chi connectivity index (χ3n) is 4.49. The fraction of sp³-hybridized carbons (Fsp3) is 0.235. The minimum Gasteiger partial charge on any atom is -0.492 e. The number of nitriles is 1. The van der Waals surface area contributed by atoms with Gasteiger partial charge in [-0.1, -0.05) is 11.6 Å². The van der Waals surface area contributed by atoms with Crippen LogP contribution in [0.25, 0.3) is 0 Å². The number of halogens is 3. The number of urea groups is 1. The lowest BCUT2D eigenvalue weighted by Crippen LogP contribution is -2.32. The lowest BCUT2D eigenvalue weighted by Gasteiger charge is -2.17. The molecule has 26 heavy (non-hydrogen) atoms. The normalized spacial score (nSPS) is 22.3. The highest BCUT2D eigenvalue weighted by Crippen LogP contribution is 2.55. The van der Waals surface area contributed by atoms with Gasteiger partial charge in [-0.2, -0.15) is 5.26 Å². The molecule has 3 atom stereocenters. The zero-order valence-corrected chi connectivity index (χ0v) is 15.4. The van der Waals surface area contributed by atoms with Crippen LogP contribution >= 0.6 is 27.5 Å². The zero-order chi connectivity index (χ0) is 18.4. The Kier molecular flexibility index (Phi) is 4.21. The van der Waals surface area contributed by atoms with Gasteiger partial charge in [0.1, 0.15) is 28.6 Å². The van der Waals surface area contributed by atoms with Gasteiger partial charge in [0.05, 0.1) is 16.6 Å². The summed E-state index contributed by atoms with van der Waals surface area (Å²) in [6.07, 6.45) is 0. The molecule has 2 aliphatic rings. The number of ether oxygens (including phenoxy) is 1. The van der Waals surface area contributed by atoms with Crippen LogP contribution in [-0.4, -0.2) is 23.7 Å². The summed E-state index contributed by atoms with van der Waals surface area (Å²) in [6, 6.07) is 7.07. The minimum atomic E-state index is -0.449.